The molecule has 0 saturated carbocycles. The van der Waals surface area contributed by atoms with E-state index in [2.05, 4.69) is 76.0 Å². The van der Waals surface area contributed by atoms with Gasteiger partial charge in [0.1, 0.15) is 51.4 Å². The number of carbonyl (C=O) groups is 3. The monoisotopic (exact) mass is 1840 g/mol. The van der Waals surface area contributed by atoms with E-state index in [1.54, 1.807) is 108 Å². The van der Waals surface area contributed by atoms with Crippen molar-refractivity contribution in [2.75, 3.05) is 16.0 Å². The fourth-order valence-electron chi connectivity index (χ4n) is 14.3. The summed E-state index contributed by atoms with van der Waals surface area (Å²) in [4.78, 5) is 78.8. The molecule has 9 aromatic carbocycles. The van der Waals surface area contributed by atoms with Crippen LogP contribution in [0.25, 0.3) is 88.5 Å². The maximum atomic E-state index is 15.4. The summed E-state index contributed by atoms with van der Waals surface area (Å²) in [5, 5.41) is 43.3. The number of carbonyl (C=O) groups excluding carboxylic acids is 3. The van der Waals surface area contributed by atoms with Crippen molar-refractivity contribution in [3.63, 3.8) is 0 Å². The van der Waals surface area contributed by atoms with E-state index < -0.39 is 123 Å². The molecule has 0 aliphatic rings. The van der Waals surface area contributed by atoms with Crippen molar-refractivity contribution in [3.05, 3.63) is 345 Å². The van der Waals surface area contributed by atoms with Crippen molar-refractivity contribution in [3.8, 4) is 103 Å². The molecule has 0 bridgehead atoms. The first-order valence-electron chi connectivity index (χ1n) is 39.1. The number of anilines is 3. The van der Waals surface area contributed by atoms with Crippen molar-refractivity contribution >= 4 is 72.9 Å². The minimum atomic E-state index is -5.16. The molecular formula is C91H57F13N18O12. The minimum absolute atomic E-state index is 0.0150. The van der Waals surface area contributed by atoms with Gasteiger partial charge in [0.25, 0.3) is 34.4 Å². The van der Waals surface area contributed by atoms with Gasteiger partial charge in [0.05, 0.1) is 70.8 Å². The highest BCUT2D eigenvalue weighted by atomic mass is 19.4. The Morgan fingerprint density at radius 2 is 0.746 bits per heavy atom. The Morgan fingerprint density at radius 3 is 1.11 bits per heavy atom. The molecule has 19 aromatic rings. The van der Waals surface area contributed by atoms with Gasteiger partial charge in [-0.05, 0) is 164 Å². The average molecular weight is 1840 g/mol. The SMILES string of the molecule is Cn1ncc2cc(Oc3ccc(NC(=O)c4ccc(OC(F)(F)F)n(-c5ccc(F)cc5)c4=O)cc3F)c(-c3cn[nH]c3)cc21.Cn1ncc2cc(Oc3ccc(NC(=O)c4ccc(OC(F)F)n(-c5ccc(F)cc5)c4=O)cc3F)c(-c3cn[nH]c3)cc21.O=C(Nc1ccc(Oc2cc3cnn4ccc(c2-c2cn[nH]c2)c34)c(F)c1)c1ccc(OC(F)F)n(-c2ccc(F)cc2)c1=O. The van der Waals surface area contributed by atoms with Crippen LogP contribution in [0, 0.1) is 34.9 Å². The standard InChI is InChI=1S/C31H18F4N6O4.C30H19F5N6O4.C30H20F4N6O4/c32-18-1-4-20(5-2-18)41-26(45-31(34)35)8-6-22(30(41)43)29(42)39-19-3-7-24(23(33)12-19)44-25-11-16-15-38-40-10-9-21(28(16)40)27(25)17-13-36-37-14-17;1-40-24-12-22(17-13-36-37-14-17)26(10-16(24)15-38-40)44-25-8-4-19(11-23(25)32)39-28(42)21-7-9-27(45-30(33,34)35)41(29(21)43)20-5-2-18(31)3-6-20;1-39-24-12-22(17-13-35-36-14-17)26(10-16(24)15-37-39)43-25-8-4-19(11-23(25)32)38-28(41)21-7-9-27(44-30(33)34)40(29(21)42)20-5-2-18(31)3-6-20/h1-15,31H,(H,36,37)(H,39,42);2-15H,1H3,(H,36,37)(H,39,42);2-15,30H,1H3,(H,35,36)(H,38,41). The predicted octanol–water partition coefficient (Wildman–Crippen LogP) is 18.8. The van der Waals surface area contributed by atoms with Gasteiger partial charge in [0.15, 0.2) is 34.7 Å². The van der Waals surface area contributed by atoms with Gasteiger partial charge in [0, 0.05) is 147 Å². The van der Waals surface area contributed by atoms with Crippen molar-refractivity contribution < 1.29 is 99.9 Å². The second-order valence-corrected chi connectivity index (χ2v) is 28.8. The summed E-state index contributed by atoms with van der Waals surface area (Å²) < 4.78 is 215. The van der Waals surface area contributed by atoms with E-state index in [1.807, 2.05) is 18.2 Å². The van der Waals surface area contributed by atoms with E-state index in [0.29, 0.717) is 64.3 Å². The number of rotatable bonds is 23. The van der Waals surface area contributed by atoms with Crippen LogP contribution in [-0.2, 0) is 14.1 Å². The summed E-state index contributed by atoms with van der Waals surface area (Å²) in [5.74, 6) is -9.03. The van der Waals surface area contributed by atoms with Crippen molar-refractivity contribution in [1.29, 1.82) is 0 Å². The molecule has 0 saturated heterocycles. The highest BCUT2D eigenvalue weighted by Crippen LogP contribution is 2.45. The number of hydrogen-bond donors (Lipinski definition) is 6. The number of aryl methyl sites for hydroxylation is 2. The fourth-order valence-corrected chi connectivity index (χ4v) is 14.3. The number of benzene rings is 9. The molecule has 30 nitrogen and oxygen atoms in total. The molecule has 0 fully saturated rings. The maximum Gasteiger partial charge on any atom is 0.574 e. The number of alkyl halides is 7. The summed E-state index contributed by atoms with van der Waals surface area (Å²) >= 11 is 0. The van der Waals surface area contributed by atoms with E-state index in [1.165, 1.54) is 36.4 Å². The fraction of sp³-hybridized carbons (Fsp3) is 0.0549. The smallest absolute Gasteiger partial charge is 0.454 e. The molecule has 0 unspecified atom stereocenters. The van der Waals surface area contributed by atoms with Crippen LogP contribution < -0.4 is 61.0 Å². The zero-order valence-electron chi connectivity index (χ0n) is 68.2. The van der Waals surface area contributed by atoms with Gasteiger partial charge in [0.2, 0.25) is 17.6 Å². The minimum Gasteiger partial charge on any atom is -0.454 e. The Morgan fingerprint density at radius 1 is 0.388 bits per heavy atom. The summed E-state index contributed by atoms with van der Waals surface area (Å²) in [7, 11) is 3.57. The lowest BCUT2D eigenvalue weighted by molar-refractivity contribution is -0.276. The van der Waals surface area contributed by atoms with Gasteiger partial charge in [-0.25, -0.2) is 44.6 Å². The molecule has 19 rings (SSSR count). The van der Waals surface area contributed by atoms with Crippen LogP contribution in [0.5, 0.6) is 52.1 Å². The van der Waals surface area contributed by atoms with Gasteiger partial charge < -0.3 is 44.4 Å². The van der Waals surface area contributed by atoms with Crippen molar-refractivity contribution in [2.24, 2.45) is 14.1 Å². The van der Waals surface area contributed by atoms with Crippen molar-refractivity contribution in [1.82, 2.24) is 73.5 Å². The zero-order valence-corrected chi connectivity index (χ0v) is 68.2. The third kappa shape index (κ3) is 18.5. The lowest BCUT2D eigenvalue weighted by atomic mass is 10.0. The third-order valence-corrected chi connectivity index (χ3v) is 20.4. The molecule has 3 amide bonds. The van der Waals surface area contributed by atoms with E-state index in [9.17, 15) is 72.7 Å². The largest absolute Gasteiger partial charge is 0.574 e. The van der Waals surface area contributed by atoms with E-state index in [4.69, 9.17) is 14.2 Å². The second-order valence-electron chi connectivity index (χ2n) is 28.8. The van der Waals surface area contributed by atoms with Crippen LogP contribution in [0.15, 0.2) is 277 Å². The molecule has 0 atom stereocenters. The first-order chi connectivity index (χ1) is 64.4. The quantitative estimate of drug-likeness (QED) is 0.0324. The molecule has 674 valence electrons. The third-order valence-electron chi connectivity index (χ3n) is 20.4. The van der Waals surface area contributed by atoms with E-state index in [0.717, 1.165) is 165 Å². The van der Waals surface area contributed by atoms with Gasteiger partial charge in [-0.2, -0.15) is 48.2 Å². The number of hydrogen-bond acceptors (Lipinski definition) is 18. The molecule has 0 radical (unpaired) electrons. The molecule has 10 heterocycles. The number of aromatic amines is 3. The lowest BCUT2D eigenvalue weighted by Crippen LogP contribution is -2.31. The summed E-state index contributed by atoms with van der Waals surface area (Å²) in [6.07, 6.45) is 11.3. The highest BCUT2D eigenvalue weighted by Gasteiger charge is 2.34. The Labute approximate surface area is 740 Å². The number of H-pyrrole nitrogens is 3. The Kier molecular flexibility index (Phi) is 24.0. The van der Waals surface area contributed by atoms with Gasteiger partial charge in [-0.1, -0.05) is 0 Å². The second kappa shape index (κ2) is 36.6. The molecule has 0 aliphatic heterocycles. The molecule has 6 N–H and O–H groups in total. The van der Waals surface area contributed by atoms with Crippen LogP contribution in [0.4, 0.5) is 74.1 Å². The highest BCUT2D eigenvalue weighted by molar-refractivity contribution is 6.08. The summed E-state index contributed by atoms with van der Waals surface area (Å²) in [6, 6.07) is 39.8. The van der Waals surface area contributed by atoms with Crippen LogP contribution in [0.3, 0.4) is 0 Å². The van der Waals surface area contributed by atoms with Crippen LogP contribution >= 0.6 is 0 Å². The predicted molar refractivity (Wildman–Crippen MR) is 457 cm³/mol. The Bertz CT molecular complexity index is 7870. The van der Waals surface area contributed by atoms with E-state index >= 15 is 13.2 Å². The number of nitrogens with zero attached hydrogens (tertiary/aromatic N) is 12. The van der Waals surface area contributed by atoms with Crippen LogP contribution in [-0.4, -0.2) is 111 Å². The lowest BCUT2D eigenvalue weighted by Gasteiger charge is -2.16. The zero-order chi connectivity index (χ0) is 94.1. The topological polar surface area (TPSA) is 348 Å². The van der Waals surface area contributed by atoms with Gasteiger partial charge in [-0.15, -0.1) is 13.2 Å². The number of ether oxygens (including phenoxy) is 6. The number of amides is 3. The van der Waals surface area contributed by atoms with Gasteiger partial charge in [-0.3, -0.25) is 53.4 Å². The van der Waals surface area contributed by atoms with Crippen LogP contribution in [0.1, 0.15) is 31.1 Å². The Balaban J connectivity index is 0.000000140. The number of fused-ring (bicyclic) bond motifs is 2. The Hall–Kier alpha value is -18.1. The average Bonchev–Trinajstić information content (AvgIpc) is 1.58. The summed E-state index contributed by atoms with van der Waals surface area (Å²) in [6.45, 7) is -6.54. The van der Waals surface area contributed by atoms with Crippen molar-refractivity contribution in [2.45, 2.75) is 19.6 Å². The summed E-state index contributed by atoms with van der Waals surface area (Å²) in [5.41, 5.74) is 1.36. The normalized spacial score (nSPS) is 11.4. The first-order valence-corrected chi connectivity index (χ1v) is 39.1. The molecule has 134 heavy (non-hydrogen) atoms. The number of nitrogens with one attached hydrogen (secondary N) is 6. The van der Waals surface area contributed by atoms with Crippen LogP contribution in [0.2, 0.25) is 0 Å². The molecule has 0 aliphatic carbocycles. The molecule has 0 spiro atoms. The molecular weight excluding hydrogens is 1780 g/mol. The number of pyridine rings is 3. The number of aromatic nitrogens is 15. The van der Waals surface area contributed by atoms with Gasteiger partial charge >= 0.3 is 19.6 Å². The molecule has 10 aromatic heterocycles. The number of halogens is 13. The first kappa shape index (κ1) is 88.0. The van der Waals surface area contributed by atoms with E-state index in [-0.39, 0.29) is 51.4 Å². The maximum absolute atomic E-state index is 15.4. The molecule has 43 heteroatoms.